The maximum absolute atomic E-state index is 13.8. The summed E-state index contributed by atoms with van der Waals surface area (Å²) >= 11 is 2.82. The molecule has 3 fully saturated rings. The Morgan fingerprint density at radius 2 is 1.73 bits per heavy atom. The zero-order valence-corrected chi connectivity index (χ0v) is 29.0. The van der Waals surface area contributed by atoms with Crippen LogP contribution in [0.5, 0.6) is 0 Å². The van der Waals surface area contributed by atoms with Crippen LogP contribution in [-0.4, -0.2) is 80.7 Å². The lowest BCUT2D eigenvalue weighted by Gasteiger charge is -2.39. The van der Waals surface area contributed by atoms with Crippen LogP contribution in [0, 0.1) is 5.92 Å². The Kier molecular flexibility index (Phi) is 10.3. The van der Waals surface area contributed by atoms with Crippen molar-refractivity contribution in [1.82, 2.24) is 20.1 Å². The van der Waals surface area contributed by atoms with Gasteiger partial charge in [0.25, 0.3) is 5.91 Å². The Labute approximate surface area is 288 Å². The maximum Gasteiger partial charge on any atom is 0.411 e. The number of nitrogens with zero attached hydrogens (tertiary/aromatic N) is 3. The van der Waals surface area contributed by atoms with Crippen molar-refractivity contribution in [2.45, 2.75) is 76.1 Å². The van der Waals surface area contributed by atoms with Crippen LogP contribution in [0.1, 0.15) is 62.4 Å². The number of ether oxygens (including phenoxy) is 2. The van der Waals surface area contributed by atoms with Crippen LogP contribution in [0.3, 0.4) is 0 Å². The summed E-state index contributed by atoms with van der Waals surface area (Å²) in [6.45, 7) is 6.58. The van der Waals surface area contributed by atoms with Gasteiger partial charge in [0.15, 0.2) is 5.13 Å². The minimum Gasteiger partial charge on any atom is -0.445 e. The fraction of sp³-hybridized carbons (Fsp3) is 0.457. The summed E-state index contributed by atoms with van der Waals surface area (Å²) in [7, 11) is 0. The number of amides is 4. The van der Waals surface area contributed by atoms with E-state index in [0.29, 0.717) is 35.2 Å². The van der Waals surface area contributed by atoms with Crippen molar-refractivity contribution in [2.24, 2.45) is 5.92 Å². The number of carbonyl (C=O) groups excluding carboxylic acids is 4. The normalized spacial score (nSPS) is 21.0. The number of hydrogen-bond acceptors (Lipinski definition) is 9. The van der Waals surface area contributed by atoms with E-state index in [1.165, 1.54) is 23.1 Å². The van der Waals surface area contributed by atoms with Gasteiger partial charge in [0.1, 0.15) is 18.2 Å². The third-order valence-electron chi connectivity index (χ3n) is 8.36. The molecule has 1 aromatic heterocycles. The maximum atomic E-state index is 13.8. The lowest BCUT2D eigenvalue weighted by molar-refractivity contribution is -0.120. The molecule has 2 unspecified atom stereocenters. The van der Waals surface area contributed by atoms with Gasteiger partial charge >= 0.3 is 12.2 Å². The van der Waals surface area contributed by atoms with Gasteiger partial charge in [0.05, 0.1) is 11.1 Å². The quantitative estimate of drug-likeness (QED) is 0.279. The molecule has 0 radical (unpaired) electrons. The molecule has 48 heavy (non-hydrogen) atoms. The molecule has 254 valence electrons. The lowest BCUT2D eigenvalue weighted by atomic mass is 9.97. The zero-order valence-electron chi connectivity index (χ0n) is 27.3. The molecular formula is C35H41N5O6S2. The molecule has 0 bridgehead atoms. The number of benzene rings is 2. The Balaban J connectivity index is 1.14. The predicted molar refractivity (Wildman–Crippen MR) is 186 cm³/mol. The van der Waals surface area contributed by atoms with Crippen molar-refractivity contribution in [1.29, 1.82) is 0 Å². The number of carbonyl (C=O) groups is 4. The second-order valence-electron chi connectivity index (χ2n) is 13.4. The minimum absolute atomic E-state index is 0.0702. The average Bonchev–Trinajstić information content (AvgIpc) is 3.57. The summed E-state index contributed by atoms with van der Waals surface area (Å²) in [5.74, 6) is -0.128. The summed E-state index contributed by atoms with van der Waals surface area (Å²) in [6, 6.07) is 16.1. The molecule has 3 aliphatic rings. The van der Waals surface area contributed by atoms with Gasteiger partial charge < -0.3 is 25.0 Å². The van der Waals surface area contributed by atoms with Crippen LogP contribution in [0.25, 0.3) is 11.3 Å². The van der Waals surface area contributed by atoms with Crippen LogP contribution in [0.15, 0.2) is 60.0 Å². The topological polar surface area (TPSA) is 130 Å². The van der Waals surface area contributed by atoms with Crippen molar-refractivity contribution in [2.75, 3.05) is 24.2 Å². The molecule has 6 rings (SSSR count). The number of rotatable bonds is 8. The molecule has 1 saturated carbocycles. The van der Waals surface area contributed by atoms with Gasteiger partial charge in [-0.05, 0) is 64.2 Å². The molecular weight excluding hydrogens is 651 g/mol. The highest BCUT2D eigenvalue weighted by molar-refractivity contribution is 8.00. The van der Waals surface area contributed by atoms with E-state index < -0.39 is 17.7 Å². The van der Waals surface area contributed by atoms with Gasteiger partial charge in [0.2, 0.25) is 5.91 Å². The molecule has 4 amide bonds. The number of thiazole rings is 1. The number of thioether (sulfide) groups is 1. The number of aromatic nitrogens is 1. The predicted octanol–water partition coefficient (Wildman–Crippen LogP) is 6.37. The van der Waals surface area contributed by atoms with Gasteiger partial charge in [-0.25, -0.2) is 14.6 Å². The van der Waals surface area contributed by atoms with Crippen LogP contribution in [-0.2, 0) is 20.9 Å². The van der Waals surface area contributed by atoms with E-state index in [0.717, 1.165) is 36.8 Å². The van der Waals surface area contributed by atoms with E-state index in [-0.39, 0.29) is 41.8 Å². The Hall–Kier alpha value is -4.10. The van der Waals surface area contributed by atoms with Gasteiger partial charge in [-0.3, -0.25) is 14.5 Å². The second-order valence-corrected chi connectivity index (χ2v) is 15.4. The van der Waals surface area contributed by atoms with Crippen LogP contribution >= 0.6 is 23.1 Å². The van der Waals surface area contributed by atoms with Gasteiger partial charge in [-0.15, -0.1) is 23.1 Å². The number of nitrogens with one attached hydrogen (secondary N) is 2. The van der Waals surface area contributed by atoms with Crippen molar-refractivity contribution >= 4 is 52.2 Å². The summed E-state index contributed by atoms with van der Waals surface area (Å²) in [5, 5.41) is 7.80. The van der Waals surface area contributed by atoms with Crippen molar-refractivity contribution in [3.63, 3.8) is 0 Å². The van der Waals surface area contributed by atoms with Crippen molar-refractivity contribution in [3.05, 3.63) is 71.1 Å². The van der Waals surface area contributed by atoms with Gasteiger partial charge in [-0.1, -0.05) is 42.5 Å². The lowest BCUT2D eigenvalue weighted by Crippen LogP contribution is -2.53. The van der Waals surface area contributed by atoms with E-state index in [9.17, 15) is 19.2 Å². The monoisotopic (exact) mass is 691 g/mol. The highest BCUT2D eigenvalue weighted by Gasteiger charge is 2.47. The summed E-state index contributed by atoms with van der Waals surface area (Å²) < 4.78 is 11.4. The number of likely N-dealkylation sites (tertiary alicyclic amines) is 1. The third kappa shape index (κ3) is 8.48. The van der Waals surface area contributed by atoms with E-state index in [2.05, 4.69) is 15.6 Å². The third-order valence-corrected chi connectivity index (χ3v) is 10.6. The molecule has 1 aliphatic carbocycles. The first kappa shape index (κ1) is 33.8. The Bertz CT molecular complexity index is 1620. The van der Waals surface area contributed by atoms with E-state index in [4.69, 9.17) is 9.47 Å². The van der Waals surface area contributed by atoms with E-state index >= 15 is 0 Å². The summed E-state index contributed by atoms with van der Waals surface area (Å²) in [5.41, 5.74) is 2.31. The average molecular weight is 692 g/mol. The molecule has 13 heteroatoms. The van der Waals surface area contributed by atoms with Gasteiger partial charge in [0, 0.05) is 47.3 Å². The zero-order chi connectivity index (χ0) is 33.8. The fourth-order valence-electron chi connectivity index (χ4n) is 5.79. The highest BCUT2D eigenvalue weighted by atomic mass is 32.2. The summed E-state index contributed by atoms with van der Waals surface area (Å²) in [6.07, 6.45) is 2.66. The number of piperidine rings is 1. The van der Waals surface area contributed by atoms with Crippen molar-refractivity contribution in [3.8, 4) is 11.3 Å². The molecule has 11 nitrogen and oxygen atoms in total. The second kappa shape index (κ2) is 14.6. The first-order chi connectivity index (χ1) is 23.0. The van der Waals surface area contributed by atoms with Crippen molar-refractivity contribution < 1.29 is 28.7 Å². The molecule has 3 atom stereocenters. The molecule has 3 heterocycles. The largest absolute Gasteiger partial charge is 0.445 e. The number of anilines is 1. The van der Waals surface area contributed by atoms with E-state index in [1.54, 1.807) is 21.9 Å². The Morgan fingerprint density at radius 3 is 2.44 bits per heavy atom. The first-order valence-corrected chi connectivity index (χ1v) is 18.2. The van der Waals surface area contributed by atoms with Crippen LogP contribution in [0.2, 0.25) is 0 Å². The fourth-order valence-corrected chi connectivity index (χ4v) is 8.10. The van der Waals surface area contributed by atoms with E-state index in [1.807, 2.05) is 68.6 Å². The molecule has 2 aromatic carbocycles. The van der Waals surface area contributed by atoms with Crippen LogP contribution < -0.4 is 10.6 Å². The first-order valence-electron chi connectivity index (χ1n) is 16.3. The molecule has 2 saturated heterocycles. The van der Waals surface area contributed by atoms with Gasteiger partial charge in [-0.2, -0.15) is 0 Å². The molecule has 0 spiro atoms. The number of hydrogen-bond donors (Lipinski definition) is 2. The highest BCUT2D eigenvalue weighted by Crippen LogP contribution is 2.39. The smallest absolute Gasteiger partial charge is 0.411 e. The molecule has 2 N–H and O–H groups in total. The minimum atomic E-state index is -0.795. The standard InChI is InChI=1S/C35H41N5O6S2/c1-35(2,3)46-33(43)39-17-7-10-25(18-39)31-40(34(44)45-19-22-8-5-4-6-9-22)28(21-47-31)30(42)38-32-37-27(20-48-32)23-11-13-24(14-12-23)29(41)36-26-15-16-26/h4-6,8-9,11-14,20,25-26,28,31H,7,10,15-19,21H2,1-3H3,(H,36,41)(H,37,38,42)/t25?,28-,31?/m0/s1. The molecule has 3 aromatic rings. The summed E-state index contributed by atoms with van der Waals surface area (Å²) in [4.78, 5) is 60.7. The molecule has 2 aliphatic heterocycles. The Morgan fingerprint density at radius 1 is 0.979 bits per heavy atom. The SMILES string of the molecule is CC(C)(C)OC(=O)N1CCCC(C2SC[C@@H](C(=O)Nc3nc(-c4ccc(C(=O)NC5CC5)cc4)cs3)N2C(=O)OCc2ccccc2)C1. The van der Waals surface area contributed by atoms with Crippen LogP contribution in [0.4, 0.5) is 14.7 Å².